The topological polar surface area (TPSA) is 109 Å². The highest BCUT2D eigenvalue weighted by atomic mass is 16.5. The van der Waals surface area contributed by atoms with E-state index in [1.807, 2.05) is 13.8 Å². The van der Waals surface area contributed by atoms with Crippen LogP contribution in [0.25, 0.3) is 22.6 Å². The Hall–Kier alpha value is -2.90. The number of nitrogen functional groups attached to an aromatic ring is 1. The highest BCUT2D eigenvalue weighted by Crippen LogP contribution is 2.26. The van der Waals surface area contributed by atoms with Crippen molar-refractivity contribution < 1.29 is 13.9 Å². The maximum atomic E-state index is 12.1. The zero-order valence-electron chi connectivity index (χ0n) is 12.2. The molecule has 8 nitrogen and oxygen atoms in total. The first-order valence-electron chi connectivity index (χ1n) is 6.78. The summed E-state index contributed by atoms with van der Waals surface area (Å²) >= 11 is 0. The van der Waals surface area contributed by atoms with Gasteiger partial charge in [0.25, 0.3) is 0 Å². The Labute approximate surface area is 125 Å². The van der Waals surface area contributed by atoms with E-state index in [0.717, 1.165) is 0 Å². The Kier molecular flexibility index (Phi) is 3.50. The molecule has 0 aromatic carbocycles. The average molecular weight is 301 g/mol. The fourth-order valence-corrected chi connectivity index (χ4v) is 1.94. The van der Waals surface area contributed by atoms with E-state index in [2.05, 4.69) is 15.0 Å². The van der Waals surface area contributed by atoms with Crippen molar-refractivity contribution >= 4 is 23.2 Å². The molecule has 3 heterocycles. The van der Waals surface area contributed by atoms with Crippen LogP contribution >= 0.6 is 0 Å². The summed E-state index contributed by atoms with van der Waals surface area (Å²) in [7, 11) is 0. The van der Waals surface area contributed by atoms with Crippen LogP contribution in [0.3, 0.4) is 0 Å². The number of furan rings is 1. The first-order chi connectivity index (χ1) is 10.6. The van der Waals surface area contributed by atoms with Crippen LogP contribution in [0.5, 0.6) is 0 Å². The number of rotatable bonds is 3. The van der Waals surface area contributed by atoms with Gasteiger partial charge in [-0.25, -0.2) is 19.3 Å². The molecule has 8 heteroatoms. The van der Waals surface area contributed by atoms with Crippen LogP contribution in [0, 0.1) is 5.92 Å². The van der Waals surface area contributed by atoms with Crippen LogP contribution in [-0.2, 0) is 4.74 Å². The van der Waals surface area contributed by atoms with E-state index < -0.39 is 6.09 Å². The summed E-state index contributed by atoms with van der Waals surface area (Å²) in [4.78, 5) is 24.5. The highest BCUT2D eigenvalue weighted by molar-refractivity contribution is 5.91. The molecule has 3 rings (SSSR count). The van der Waals surface area contributed by atoms with Crippen molar-refractivity contribution in [1.29, 1.82) is 0 Å². The maximum Gasteiger partial charge on any atom is 0.421 e. The van der Waals surface area contributed by atoms with Crippen LogP contribution in [0.2, 0.25) is 0 Å². The SMILES string of the molecule is CC(C)COC(=O)n1cnc2c(-c3ccco3)nc(N)nc21. The van der Waals surface area contributed by atoms with Crippen molar-refractivity contribution in [1.82, 2.24) is 19.5 Å². The van der Waals surface area contributed by atoms with Gasteiger partial charge in [-0.15, -0.1) is 0 Å². The zero-order valence-corrected chi connectivity index (χ0v) is 12.2. The van der Waals surface area contributed by atoms with E-state index in [1.54, 1.807) is 12.1 Å². The molecule has 0 aliphatic rings. The quantitative estimate of drug-likeness (QED) is 0.790. The Morgan fingerprint density at radius 1 is 1.45 bits per heavy atom. The third-order valence-electron chi connectivity index (χ3n) is 2.90. The lowest BCUT2D eigenvalue weighted by atomic mass is 10.2. The van der Waals surface area contributed by atoms with Gasteiger partial charge in [-0.3, -0.25) is 0 Å². The van der Waals surface area contributed by atoms with Crippen molar-refractivity contribution in [3.63, 3.8) is 0 Å². The normalized spacial score (nSPS) is 11.2. The predicted molar refractivity (Wildman–Crippen MR) is 79.0 cm³/mol. The number of aromatic nitrogens is 4. The number of hydrogen-bond donors (Lipinski definition) is 1. The monoisotopic (exact) mass is 301 g/mol. The predicted octanol–water partition coefficient (Wildman–Crippen LogP) is 2.31. The molecule has 0 aliphatic carbocycles. The molecule has 22 heavy (non-hydrogen) atoms. The summed E-state index contributed by atoms with van der Waals surface area (Å²) in [5, 5.41) is 0. The van der Waals surface area contributed by atoms with Crippen LogP contribution in [0.15, 0.2) is 29.1 Å². The number of fused-ring (bicyclic) bond motifs is 1. The Morgan fingerprint density at radius 3 is 2.95 bits per heavy atom. The van der Waals surface area contributed by atoms with E-state index in [1.165, 1.54) is 17.2 Å². The smallest absolute Gasteiger partial charge is 0.421 e. The van der Waals surface area contributed by atoms with Gasteiger partial charge in [0, 0.05) is 0 Å². The zero-order chi connectivity index (χ0) is 15.7. The first-order valence-corrected chi connectivity index (χ1v) is 6.78. The number of carbonyl (C=O) groups excluding carboxylic acids is 1. The van der Waals surface area contributed by atoms with Gasteiger partial charge in [0.1, 0.15) is 17.5 Å². The summed E-state index contributed by atoms with van der Waals surface area (Å²) in [5.74, 6) is 0.759. The minimum absolute atomic E-state index is 0.0253. The van der Waals surface area contributed by atoms with E-state index in [0.29, 0.717) is 23.6 Å². The number of carbonyl (C=O) groups is 1. The lowest BCUT2D eigenvalue weighted by Crippen LogP contribution is -2.16. The Morgan fingerprint density at radius 2 is 2.27 bits per heavy atom. The van der Waals surface area contributed by atoms with Crippen LogP contribution in [-0.4, -0.2) is 32.2 Å². The Balaban J connectivity index is 2.06. The number of imidazole rings is 1. The third-order valence-corrected chi connectivity index (χ3v) is 2.90. The van der Waals surface area contributed by atoms with Gasteiger partial charge >= 0.3 is 6.09 Å². The number of nitrogens with two attached hydrogens (primary N) is 1. The second kappa shape index (κ2) is 5.47. The summed E-state index contributed by atoms with van der Waals surface area (Å²) < 4.78 is 11.7. The minimum Gasteiger partial charge on any atom is -0.463 e. The molecular formula is C14H15N5O3. The number of nitrogens with zero attached hydrogens (tertiary/aromatic N) is 4. The molecule has 0 saturated heterocycles. The van der Waals surface area contributed by atoms with Crippen LogP contribution in [0.4, 0.5) is 10.7 Å². The summed E-state index contributed by atoms with van der Waals surface area (Å²) in [6.07, 6.45) is 2.31. The van der Waals surface area contributed by atoms with Gasteiger partial charge in [0.15, 0.2) is 11.4 Å². The molecule has 0 fully saturated rings. The van der Waals surface area contributed by atoms with E-state index in [-0.39, 0.29) is 17.5 Å². The number of hydrogen-bond acceptors (Lipinski definition) is 7. The van der Waals surface area contributed by atoms with Gasteiger partial charge in [0.2, 0.25) is 5.95 Å². The number of ether oxygens (including phenoxy) is 1. The number of anilines is 1. The standard InChI is InChI=1S/C14H15N5O3/c1-8(2)6-22-14(20)19-7-16-11-10(9-4-3-5-21-9)17-13(15)18-12(11)19/h3-5,7-8H,6H2,1-2H3,(H2,15,17,18). The fraction of sp³-hybridized carbons (Fsp3) is 0.286. The average Bonchev–Trinajstić information content (AvgIpc) is 3.13. The Bertz CT molecular complexity index is 807. The summed E-state index contributed by atoms with van der Waals surface area (Å²) in [6.45, 7) is 4.22. The third kappa shape index (κ3) is 2.50. The molecule has 0 spiro atoms. The van der Waals surface area contributed by atoms with Crippen LogP contribution < -0.4 is 5.73 Å². The largest absolute Gasteiger partial charge is 0.463 e. The molecular weight excluding hydrogens is 286 g/mol. The molecule has 114 valence electrons. The van der Waals surface area contributed by atoms with E-state index in [9.17, 15) is 4.79 Å². The minimum atomic E-state index is -0.556. The molecule has 0 bridgehead atoms. The molecule has 0 saturated carbocycles. The van der Waals surface area contributed by atoms with Crippen molar-refractivity contribution in [3.05, 3.63) is 24.7 Å². The van der Waals surface area contributed by atoms with Crippen molar-refractivity contribution in [2.24, 2.45) is 5.92 Å². The molecule has 3 aromatic heterocycles. The highest BCUT2D eigenvalue weighted by Gasteiger charge is 2.19. The van der Waals surface area contributed by atoms with Crippen molar-refractivity contribution in [3.8, 4) is 11.5 Å². The second-order valence-electron chi connectivity index (χ2n) is 5.17. The van der Waals surface area contributed by atoms with Crippen molar-refractivity contribution in [2.75, 3.05) is 12.3 Å². The maximum absolute atomic E-state index is 12.1. The van der Waals surface area contributed by atoms with Gasteiger partial charge in [-0.05, 0) is 18.1 Å². The van der Waals surface area contributed by atoms with Gasteiger partial charge in [-0.1, -0.05) is 13.8 Å². The molecule has 3 aromatic rings. The molecule has 0 amide bonds. The van der Waals surface area contributed by atoms with Gasteiger partial charge < -0.3 is 14.9 Å². The molecule has 2 N–H and O–H groups in total. The lowest BCUT2D eigenvalue weighted by molar-refractivity contribution is 0.135. The first kappa shape index (κ1) is 14.1. The van der Waals surface area contributed by atoms with Crippen LogP contribution in [0.1, 0.15) is 13.8 Å². The summed E-state index contributed by atoms with van der Waals surface area (Å²) in [5.41, 5.74) is 6.86. The van der Waals surface area contributed by atoms with Crippen molar-refractivity contribution in [2.45, 2.75) is 13.8 Å². The molecule has 0 atom stereocenters. The van der Waals surface area contributed by atoms with E-state index in [4.69, 9.17) is 14.9 Å². The summed E-state index contributed by atoms with van der Waals surface area (Å²) in [6, 6.07) is 3.46. The van der Waals surface area contributed by atoms with Gasteiger partial charge in [0.05, 0.1) is 12.9 Å². The fourth-order valence-electron chi connectivity index (χ4n) is 1.94. The lowest BCUT2D eigenvalue weighted by Gasteiger charge is -2.07. The molecule has 0 unspecified atom stereocenters. The van der Waals surface area contributed by atoms with Gasteiger partial charge in [-0.2, -0.15) is 4.98 Å². The van der Waals surface area contributed by atoms with E-state index >= 15 is 0 Å². The molecule has 0 aliphatic heterocycles. The molecule has 0 radical (unpaired) electrons. The second-order valence-corrected chi connectivity index (χ2v) is 5.17.